The average molecular weight is 403 g/mol. The van der Waals surface area contributed by atoms with Crippen LogP contribution in [0.2, 0.25) is 0 Å². The van der Waals surface area contributed by atoms with Crippen LogP contribution in [0.4, 0.5) is 5.69 Å². The number of nitrogens with zero attached hydrogens (tertiary/aromatic N) is 1. The summed E-state index contributed by atoms with van der Waals surface area (Å²) in [5.74, 6) is 0.664. The molecule has 2 aromatic carbocycles. The standard InChI is InChI=1S/C18H15BrN2O2S/c19-14-2-1-3-16(12-14)23-10-8-17(22)21-15-6-4-13(5-7-15)18-20-9-11-24-18/h1-7,9,11-12H,8,10H2,(H,21,22). The van der Waals surface area contributed by atoms with Gasteiger partial charge in [0.1, 0.15) is 10.8 Å². The fourth-order valence-corrected chi connectivity index (χ4v) is 3.13. The predicted octanol–water partition coefficient (Wildman–Crippen LogP) is 4.98. The minimum absolute atomic E-state index is 0.0769. The maximum Gasteiger partial charge on any atom is 0.227 e. The summed E-state index contributed by atoms with van der Waals surface area (Å²) < 4.78 is 6.51. The van der Waals surface area contributed by atoms with E-state index in [0.29, 0.717) is 13.0 Å². The molecular formula is C18H15BrN2O2S. The van der Waals surface area contributed by atoms with E-state index in [2.05, 4.69) is 26.2 Å². The van der Waals surface area contributed by atoms with Crippen molar-refractivity contribution in [2.24, 2.45) is 0 Å². The van der Waals surface area contributed by atoms with Crippen LogP contribution >= 0.6 is 27.3 Å². The number of aromatic nitrogens is 1. The van der Waals surface area contributed by atoms with Crippen LogP contribution in [0.5, 0.6) is 5.75 Å². The topological polar surface area (TPSA) is 51.2 Å². The maximum absolute atomic E-state index is 12.0. The molecule has 1 aromatic heterocycles. The Kier molecular flexibility index (Phi) is 5.61. The van der Waals surface area contributed by atoms with Crippen molar-refractivity contribution in [3.05, 3.63) is 64.6 Å². The third kappa shape index (κ3) is 4.66. The highest BCUT2D eigenvalue weighted by Gasteiger charge is 2.05. The first-order valence-electron chi connectivity index (χ1n) is 7.39. The van der Waals surface area contributed by atoms with E-state index >= 15 is 0 Å². The third-order valence-corrected chi connectivity index (χ3v) is 4.56. The average Bonchev–Trinajstić information content (AvgIpc) is 3.10. The number of nitrogens with one attached hydrogen (secondary N) is 1. The molecule has 0 fully saturated rings. The molecule has 3 aromatic rings. The van der Waals surface area contributed by atoms with E-state index in [1.165, 1.54) is 0 Å². The zero-order valence-corrected chi connectivity index (χ0v) is 15.1. The first-order valence-corrected chi connectivity index (χ1v) is 9.06. The van der Waals surface area contributed by atoms with E-state index in [0.717, 1.165) is 26.5 Å². The second kappa shape index (κ2) is 8.08. The monoisotopic (exact) mass is 402 g/mol. The third-order valence-electron chi connectivity index (χ3n) is 3.24. The van der Waals surface area contributed by atoms with Crippen LogP contribution in [0.1, 0.15) is 6.42 Å². The molecule has 6 heteroatoms. The van der Waals surface area contributed by atoms with E-state index in [9.17, 15) is 4.79 Å². The zero-order valence-electron chi connectivity index (χ0n) is 12.7. The number of carbonyl (C=O) groups excluding carboxylic acids is 1. The molecule has 1 heterocycles. The molecule has 122 valence electrons. The molecule has 0 aliphatic carbocycles. The largest absolute Gasteiger partial charge is 0.493 e. The van der Waals surface area contributed by atoms with Crippen LogP contribution in [0.15, 0.2) is 64.6 Å². The van der Waals surface area contributed by atoms with E-state index < -0.39 is 0 Å². The molecule has 3 rings (SSSR count). The van der Waals surface area contributed by atoms with Crippen LogP contribution in [-0.4, -0.2) is 17.5 Å². The lowest BCUT2D eigenvalue weighted by molar-refractivity contribution is -0.116. The first-order chi connectivity index (χ1) is 11.7. The van der Waals surface area contributed by atoms with Crippen molar-refractivity contribution in [1.82, 2.24) is 4.98 Å². The van der Waals surface area contributed by atoms with Crippen LogP contribution in [0, 0.1) is 0 Å². The molecule has 4 nitrogen and oxygen atoms in total. The SMILES string of the molecule is O=C(CCOc1cccc(Br)c1)Nc1ccc(-c2nccs2)cc1. The molecule has 1 N–H and O–H groups in total. The van der Waals surface area contributed by atoms with Gasteiger partial charge in [-0.2, -0.15) is 0 Å². The zero-order chi connectivity index (χ0) is 16.8. The maximum atomic E-state index is 12.0. The second-order valence-electron chi connectivity index (χ2n) is 5.02. The summed E-state index contributed by atoms with van der Waals surface area (Å²) in [4.78, 5) is 16.2. The summed E-state index contributed by atoms with van der Waals surface area (Å²) >= 11 is 4.97. The van der Waals surface area contributed by atoms with Crippen molar-refractivity contribution in [2.45, 2.75) is 6.42 Å². The van der Waals surface area contributed by atoms with Crippen LogP contribution in [0.3, 0.4) is 0 Å². The van der Waals surface area contributed by atoms with Gasteiger partial charge in [0.15, 0.2) is 0 Å². The van der Waals surface area contributed by atoms with Crippen molar-refractivity contribution in [1.29, 1.82) is 0 Å². The normalized spacial score (nSPS) is 10.4. The van der Waals surface area contributed by atoms with Gasteiger partial charge >= 0.3 is 0 Å². The Morgan fingerprint density at radius 3 is 2.75 bits per heavy atom. The lowest BCUT2D eigenvalue weighted by atomic mass is 10.2. The Morgan fingerprint density at radius 2 is 2.04 bits per heavy atom. The molecule has 0 saturated heterocycles. The van der Waals surface area contributed by atoms with Crippen molar-refractivity contribution < 1.29 is 9.53 Å². The number of benzene rings is 2. The first kappa shape index (κ1) is 16.7. The van der Waals surface area contributed by atoms with Gasteiger partial charge in [0.05, 0.1) is 13.0 Å². The quantitative estimate of drug-likeness (QED) is 0.632. The number of carbonyl (C=O) groups is 1. The fourth-order valence-electron chi connectivity index (χ4n) is 2.10. The van der Waals surface area contributed by atoms with E-state index in [1.807, 2.05) is 53.9 Å². The molecule has 24 heavy (non-hydrogen) atoms. The van der Waals surface area contributed by atoms with Gasteiger partial charge in [0.25, 0.3) is 0 Å². The number of hydrogen-bond donors (Lipinski definition) is 1. The molecule has 0 saturated carbocycles. The predicted molar refractivity (Wildman–Crippen MR) is 100 cm³/mol. The molecule has 0 atom stereocenters. The Bertz CT molecular complexity index is 804. The summed E-state index contributed by atoms with van der Waals surface area (Å²) in [6, 6.07) is 15.2. The second-order valence-corrected chi connectivity index (χ2v) is 6.83. The number of thiazole rings is 1. The van der Waals surface area contributed by atoms with Gasteiger partial charge in [-0.05, 0) is 42.5 Å². The lowest BCUT2D eigenvalue weighted by Crippen LogP contribution is -2.15. The van der Waals surface area contributed by atoms with Crippen molar-refractivity contribution >= 4 is 38.9 Å². The fraction of sp³-hybridized carbons (Fsp3) is 0.111. The lowest BCUT2D eigenvalue weighted by Gasteiger charge is -2.08. The summed E-state index contributed by atoms with van der Waals surface area (Å²) in [7, 11) is 0. The Labute approximate surface area is 152 Å². The van der Waals surface area contributed by atoms with E-state index in [1.54, 1.807) is 17.5 Å². The molecule has 0 radical (unpaired) electrons. The number of halogens is 1. The number of ether oxygens (including phenoxy) is 1. The van der Waals surface area contributed by atoms with Gasteiger partial charge < -0.3 is 10.1 Å². The summed E-state index contributed by atoms with van der Waals surface area (Å²) in [5.41, 5.74) is 1.81. The van der Waals surface area contributed by atoms with Gasteiger partial charge in [0, 0.05) is 27.3 Å². The molecule has 0 spiro atoms. The highest BCUT2D eigenvalue weighted by atomic mass is 79.9. The van der Waals surface area contributed by atoms with Crippen molar-refractivity contribution in [2.75, 3.05) is 11.9 Å². The molecule has 0 unspecified atom stereocenters. The van der Waals surface area contributed by atoms with Gasteiger partial charge in [-0.25, -0.2) is 4.98 Å². The molecular weight excluding hydrogens is 388 g/mol. The van der Waals surface area contributed by atoms with Crippen LogP contribution in [-0.2, 0) is 4.79 Å². The van der Waals surface area contributed by atoms with E-state index in [4.69, 9.17) is 4.74 Å². The summed E-state index contributed by atoms with van der Waals surface area (Å²) in [6.45, 7) is 0.333. The highest BCUT2D eigenvalue weighted by molar-refractivity contribution is 9.10. The van der Waals surface area contributed by atoms with Crippen LogP contribution in [0.25, 0.3) is 10.6 Å². The molecule has 1 amide bonds. The number of rotatable bonds is 6. The number of anilines is 1. The van der Waals surface area contributed by atoms with Crippen LogP contribution < -0.4 is 10.1 Å². The Morgan fingerprint density at radius 1 is 1.21 bits per heavy atom. The summed E-state index contributed by atoms with van der Waals surface area (Å²) in [5, 5.41) is 5.78. The summed E-state index contributed by atoms with van der Waals surface area (Å²) in [6.07, 6.45) is 2.07. The van der Waals surface area contributed by atoms with Crippen molar-refractivity contribution in [3.8, 4) is 16.3 Å². The van der Waals surface area contributed by atoms with Gasteiger partial charge in [-0.3, -0.25) is 4.79 Å². The minimum Gasteiger partial charge on any atom is -0.493 e. The van der Waals surface area contributed by atoms with Gasteiger partial charge in [-0.15, -0.1) is 11.3 Å². The van der Waals surface area contributed by atoms with E-state index in [-0.39, 0.29) is 5.91 Å². The van der Waals surface area contributed by atoms with Crippen molar-refractivity contribution in [3.63, 3.8) is 0 Å². The Hall–Kier alpha value is -2.18. The molecule has 0 aliphatic heterocycles. The van der Waals surface area contributed by atoms with Gasteiger partial charge in [0.2, 0.25) is 5.91 Å². The molecule has 0 bridgehead atoms. The highest BCUT2D eigenvalue weighted by Crippen LogP contribution is 2.23. The number of hydrogen-bond acceptors (Lipinski definition) is 4. The van der Waals surface area contributed by atoms with Gasteiger partial charge in [-0.1, -0.05) is 22.0 Å². The smallest absolute Gasteiger partial charge is 0.227 e. The molecule has 0 aliphatic rings. The Balaban J connectivity index is 1.48. The minimum atomic E-state index is -0.0769. The number of amides is 1.